The lowest BCUT2D eigenvalue weighted by Crippen LogP contribution is -2.32. The number of nitrogens with zero attached hydrogens (tertiary/aromatic N) is 1. The fourth-order valence-corrected chi connectivity index (χ4v) is 2.72. The molecule has 3 N–H and O–H groups in total. The molecule has 1 aromatic rings. The summed E-state index contributed by atoms with van der Waals surface area (Å²) in [5.74, 6) is 0.209. The van der Waals surface area contributed by atoms with Gasteiger partial charge in [0.2, 0.25) is 0 Å². The van der Waals surface area contributed by atoms with Crippen molar-refractivity contribution < 1.29 is 9.00 Å². The van der Waals surface area contributed by atoms with Gasteiger partial charge >= 0.3 is 0 Å². The van der Waals surface area contributed by atoms with E-state index in [-0.39, 0.29) is 10.7 Å². The minimum absolute atomic E-state index is 0.239. The van der Waals surface area contributed by atoms with Gasteiger partial charge in [-0.25, -0.2) is 4.98 Å². The van der Waals surface area contributed by atoms with Crippen molar-refractivity contribution >= 4 is 28.0 Å². The molecular formula is C11H19N3O2S2. The van der Waals surface area contributed by atoms with Crippen LogP contribution in [0.3, 0.4) is 0 Å². The second-order valence-corrected chi connectivity index (χ2v) is 8.02. The van der Waals surface area contributed by atoms with Crippen molar-refractivity contribution in [2.24, 2.45) is 5.73 Å². The average molecular weight is 289 g/mol. The minimum atomic E-state index is -0.959. The van der Waals surface area contributed by atoms with E-state index in [4.69, 9.17) is 5.73 Å². The summed E-state index contributed by atoms with van der Waals surface area (Å²) in [5, 5.41) is 5.12. The molecule has 0 bridgehead atoms. The van der Waals surface area contributed by atoms with E-state index in [0.29, 0.717) is 24.5 Å². The number of hydrogen-bond donors (Lipinski definition) is 2. The lowest BCUT2D eigenvalue weighted by atomic mass is 10.3. The molecule has 0 aromatic carbocycles. The molecule has 1 amide bonds. The van der Waals surface area contributed by atoms with Crippen molar-refractivity contribution in [3.05, 3.63) is 16.1 Å². The van der Waals surface area contributed by atoms with Gasteiger partial charge in [0.1, 0.15) is 10.7 Å². The fourth-order valence-electron chi connectivity index (χ4n) is 1.16. The topological polar surface area (TPSA) is 85.1 Å². The maximum atomic E-state index is 11.8. The minimum Gasteiger partial charge on any atom is -0.350 e. The molecule has 1 atom stereocenters. The van der Waals surface area contributed by atoms with Crippen LogP contribution in [0, 0.1) is 0 Å². The monoisotopic (exact) mass is 289 g/mol. The molecule has 0 saturated heterocycles. The van der Waals surface area contributed by atoms with E-state index in [2.05, 4.69) is 10.3 Å². The van der Waals surface area contributed by atoms with E-state index in [9.17, 15) is 9.00 Å². The first-order valence-corrected chi connectivity index (χ1v) is 7.85. The second kappa shape index (κ2) is 6.40. The summed E-state index contributed by atoms with van der Waals surface area (Å²) in [5.41, 5.74) is 5.80. The zero-order valence-electron chi connectivity index (χ0n) is 10.9. The number of aromatic nitrogens is 1. The van der Waals surface area contributed by atoms with Crippen LogP contribution in [0.1, 0.15) is 36.3 Å². The Morgan fingerprint density at radius 1 is 1.56 bits per heavy atom. The van der Waals surface area contributed by atoms with Crippen LogP contribution in [-0.2, 0) is 17.3 Å². The molecule has 18 heavy (non-hydrogen) atoms. The van der Waals surface area contributed by atoms with Crippen molar-refractivity contribution in [3.63, 3.8) is 0 Å². The largest absolute Gasteiger partial charge is 0.350 e. The van der Waals surface area contributed by atoms with Gasteiger partial charge in [0.05, 0.1) is 0 Å². The third-order valence-electron chi connectivity index (χ3n) is 2.22. The molecule has 1 aromatic heterocycles. The van der Waals surface area contributed by atoms with Gasteiger partial charge in [-0.1, -0.05) is 0 Å². The third kappa shape index (κ3) is 4.47. The van der Waals surface area contributed by atoms with E-state index in [1.807, 2.05) is 20.8 Å². The van der Waals surface area contributed by atoms with Gasteiger partial charge in [-0.15, -0.1) is 11.3 Å². The SMILES string of the molecule is CC(C)(C)S(=O)CCNC(=O)c1csc(CN)n1. The zero-order valence-corrected chi connectivity index (χ0v) is 12.5. The lowest BCUT2D eigenvalue weighted by Gasteiger charge is -2.17. The number of amides is 1. The Morgan fingerprint density at radius 3 is 2.72 bits per heavy atom. The van der Waals surface area contributed by atoms with E-state index in [1.165, 1.54) is 11.3 Å². The Labute approximate surface area is 114 Å². The lowest BCUT2D eigenvalue weighted by molar-refractivity contribution is 0.0951. The first kappa shape index (κ1) is 15.3. The molecule has 0 aliphatic rings. The number of hydrogen-bond acceptors (Lipinski definition) is 5. The van der Waals surface area contributed by atoms with Gasteiger partial charge < -0.3 is 11.1 Å². The van der Waals surface area contributed by atoms with E-state index in [0.717, 1.165) is 5.01 Å². The van der Waals surface area contributed by atoms with Crippen LogP contribution in [0.2, 0.25) is 0 Å². The standard InChI is InChI=1S/C11H19N3O2S2/c1-11(2,3)18(16)5-4-13-10(15)8-7-17-9(6-12)14-8/h7H,4-6,12H2,1-3H3,(H,13,15). The molecule has 7 heteroatoms. The maximum absolute atomic E-state index is 11.8. The molecule has 0 radical (unpaired) electrons. The van der Waals surface area contributed by atoms with Crippen molar-refractivity contribution in [1.29, 1.82) is 0 Å². The Bertz CT molecular complexity index is 438. The number of thiazole rings is 1. The summed E-state index contributed by atoms with van der Waals surface area (Å²) in [4.78, 5) is 15.8. The highest BCUT2D eigenvalue weighted by molar-refractivity contribution is 7.86. The molecule has 5 nitrogen and oxygen atoms in total. The Kier molecular flexibility index (Phi) is 5.43. The van der Waals surface area contributed by atoms with Crippen LogP contribution in [0.5, 0.6) is 0 Å². The van der Waals surface area contributed by atoms with Crippen LogP contribution < -0.4 is 11.1 Å². The van der Waals surface area contributed by atoms with Crippen molar-refractivity contribution in [1.82, 2.24) is 10.3 Å². The fraction of sp³-hybridized carbons (Fsp3) is 0.636. The zero-order chi connectivity index (χ0) is 13.8. The molecule has 0 fully saturated rings. The predicted octanol–water partition coefficient (Wildman–Crippen LogP) is 0.879. The molecule has 1 rings (SSSR count). The van der Waals surface area contributed by atoms with Crippen LogP contribution in [0.25, 0.3) is 0 Å². The van der Waals surface area contributed by atoms with Crippen LogP contribution in [0.15, 0.2) is 5.38 Å². The summed E-state index contributed by atoms with van der Waals surface area (Å²) >= 11 is 1.36. The van der Waals surface area contributed by atoms with Gasteiger partial charge in [-0.05, 0) is 20.8 Å². The number of rotatable bonds is 5. The molecule has 1 heterocycles. The molecular weight excluding hydrogens is 270 g/mol. The Morgan fingerprint density at radius 2 is 2.22 bits per heavy atom. The molecule has 102 valence electrons. The summed E-state index contributed by atoms with van der Waals surface area (Å²) < 4.78 is 11.5. The first-order valence-electron chi connectivity index (χ1n) is 5.65. The second-order valence-electron chi connectivity index (χ2n) is 4.75. The molecule has 0 aliphatic carbocycles. The van der Waals surface area contributed by atoms with Crippen molar-refractivity contribution in [3.8, 4) is 0 Å². The normalized spacial score (nSPS) is 13.3. The van der Waals surface area contributed by atoms with Crippen LogP contribution in [-0.4, -0.2) is 32.1 Å². The average Bonchev–Trinajstić information content (AvgIpc) is 2.75. The van der Waals surface area contributed by atoms with Crippen LogP contribution in [0.4, 0.5) is 0 Å². The number of carbonyl (C=O) groups is 1. The first-order chi connectivity index (χ1) is 8.34. The Hall–Kier alpha value is -0.790. The van der Waals surface area contributed by atoms with Gasteiger partial charge in [0.15, 0.2) is 0 Å². The Balaban J connectivity index is 2.40. The van der Waals surface area contributed by atoms with Crippen molar-refractivity contribution in [2.75, 3.05) is 12.3 Å². The van der Waals surface area contributed by atoms with Gasteiger partial charge in [0.25, 0.3) is 5.91 Å². The van der Waals surface area contributed by atoms with Gasteiger partial charge in [-0.2, -0.15) is 0 Å². The highest BCUT2D eigenvalue weighted by atomic mass is 32.2. The molecule has 1 unspecified atom stereocenters. The van der Waals surface area contributed by atoms with Crippen molar-refractivity contribution in [2.45, 2.75) is 32.1 Å². The highest BCUT2D eigenvalue weighted by Gasteiger charge is 2.19. The summed E-state index contributed by atoms with van der Waals surface area (Å²) in [7, 11) is -0.959. The summed E-state index contributed by atoms with van der Waals surface area (Å²) in [6.45, 7) is 6.47. The van der Waals surface area contributed by atoms with E-state index in [1.54, 1.807) is 5.38 Å². The summed E-state index contributed by atoms with van der Waals surface area (Å²) in [6, 6.07) is 0. The maximum Gasteiger partial charge on any atom is 0.270 e. The smallest absolute Gasteiger partial charge is 0.270 e. The molecule has 0 spiro atoms. The number of carbonyl (C=O) groups excluding carboxylic acids is 1. The predicted molar refractivity (Wildman–Crippen MR) is 75.1 cm³/mol. The van der Waals surface area contributed by atoms with E-state index >= 15 is 0 Å². The van der Waals surface area contributed by atoms with Gasteiger partial charge in [-0.3, -0.25) is 9.00 Å². The highest BCUT2D eigenvalue weighted by Crippen LogP contribution is 2.11. The third-order valence-corrected chi connectivity index (χ3v) is 5.03. The number of nitrogens with one attached hydrogen (secondary N) is 1. The quantitative estimate of drug-likeness (QED) is 0.842. The molecule has 0 saturated carbocycles. The van der Waals surface area contributed by atoms with Gasteiger partial charge in [0, 0.05) is 39.8 Å². The van der Waals surface area contributed by atoms with E-state index < -0.39 is 10.8 Å². The molecule has 0 aliphatic heterocycles. The summed E-state index contributed by atoms with van der Waals surface area (Å²) in [6.07, 6.45) is 0. The van der Waals surface area contributed by atoms with Crippen LogP contribution >= 0.6 is 11.3 Å². The number of nitrogens with two attached hydrogens (primary N) is 1.